The zero-order chi connectivity index (χ0) is 8.04. The van der Waals surface area contributed by atoms with Crippen molar-refractivity contribution in [3.63, 3.8) is 0 Å². The van der Waals surface area contributed by atoms with Gasteiger partial charge in [0.2, 0.25) is 0 Å². The summed E-state index contributed by atoms with van der Waals surface area (Å²) in [6, 6.07) is 0. The third-order valence-electron chi connectivity index (χ3n) is 1.32. The number of hydrogen-bond acceptors (Lipinski definition) is 3. The summed E-state index contributed by atoms with van der Waals surface area (Å²) >= 11 is -0.347. The van der Waals surface area contributed by atoms with Gasteiger partial charge in [-0.05, 0) is 12.8 Å². The first kappa shape index (κ1) is 10.5. The fourth-order valence-corrected chi connectivity index (χ4v) is 1.88. The van der Waals surface area contributed by atoms with E-state index in [4.69, 9.17) is 15.9 Å². The Balaban J connectivity index is 3.81. The zero-order valence-electron chi connectivity index (χ0n) is 5.89. The predicted octanol–water partition coefficient (Wildman–Crippen LogP) is -0.191. The Bertz CT molecular complexity index is 102. The van der Waals surface area contributed by atoms with Gasteiger partial charge in [-0.15, -0.1) is 20.7 Å². The Labute approximate surface area is 71.0 Å². The Kier molecular flexibility index (Phi) is 5.42. The molecule has 0 aliphatic heterocycles. The quantitative estimate of drug-likeness (QED) is 0.364. The molecule has 0 spiro atoms. The first-order valence-corrected chi connectivity index (χ1v) is 5.69. The largest absolute Gasteiger partial charge is 0.396 e. The molecule has 62 valence electrons. The second-order valence-corrected chi connectivity index (χ2v) is 5.03. The van der Waals surface area contributed by atoms with Gasteiger partial charge in [0, 0.05) is 13.2 Å². The van der Waals surface area contributed by atoms with Crippen LogP contribution in [0.5, 0.6) is 0 Å². The maximum absolute atomic E-state index is 8.59. The number of alkyl halides is 1. The molecule has 0 aromatic heterocycles. The van der Waals surface area contributed by atoms with Crippen LogP contribution < -0.4 is 5.73 Å². The molecule has 0 aliphatic rings. The van der Waals surface area contributed by atoms with Gasteiger partial charge in [-0.25, -0.2) is 0 Å². The van der Waals surface area contributed by atoms with E-state index in [9.17, 15) is 0 Å². The Morgan fingerprint density at radius 3 is 1.90 bits per heavy atom. The van der Waals surface area contributed by atoms with Gasteiger partial charge in [0.25, 0.3) is 0 Å². The van der Waals surface area contributed by atoms with E-state index in [1.165, 1.54) is 0 Å². The molecule has 3 nitrogen and oxygen atoms in total. The molecular weight excluding hydrogens is 245 g/mol. The van der Waals surface area contributed by atoms with Crippen LogP contribution in [0.3, 0.4) is 0 Å². The summed E-state index contributed by atoms with van der Waals surface area (Å²) in [5.74, 6) is 0. The highest BCUT2D eigenvalue weighted by atomic mass is 127. The van der Waals surface area contributed by atoms with Crippen molar-refractivity contribution in [1.29, 1.82) is 0 Å². The van der Waals surface area contributed by atoms with Crippen molar-refractivity contribution in [2.24, 2.45) is 5.73 Å². The van der Waals surface area contributed by atoms with E-state index >= 15 is 0 Å². The Hall–Kier alpha value is 0.480. The van der Waals surface area contributed by atoms with Crippen LogP contribution in [0.4, 0.5) is 0 Å². The summed E-state index contributed by atoms with van der Waals surface area (Å²) in [4.78, 5) is 0. The van der Waals surface area contributed by atoms with Crippen molar-refractivity contribution >= 4 is 25.2 Å². The van der Waals surface area contributed by atoms with Crippen LogP contribution in [0.15, 0.2) is 0 Å². The molecule has 4 heteroatoms. The summed E-state index contributed by atoms with van der Waals surface area (Å²) in [7, 11) is 0. The summed E-state index contributed by atoms with van der Waals surface area (Å²) in [5, 5.41) is 17.2. The lowest BCUT2D eigenvalue weighted by Crippen LogP contribution is -2.35. The number of rotatable bonds is 5. The smallest absolute Gasteiger partial charge is 0.0670 e. The molecule has 0 radical (unpaired) electrons. The highest BCUT2D eigenvalue weighted by Crippen LogP contribution is 2.23. The number of halogens is 1. The molecule has 10 heavy (non-hydrogen) atoms. The number of hydrogen-bond donors (Lipinski definition) is 3. The summed E-state index contributed by atoms with van der Waals surface area (Å²) in [5.41, 5.74) is 5.78. The average molecular weight is 259 g/mol. The highest BCUT2D eigenvalue weighted by molar-refractivity contribution is 14.2. The van der Waals surface area contributed by atoms with E-state index in [-0.39, 0.29) is 37.5 Å². The fraction of sp³-hybridized carbons (Fsp3) is 0.833. The Morgan fingerprint density at radius 2 is 1.70 bits per heavy atom. The van der Waals surface area contributed by atoms with Crippen LogP contribution in [0, 0.1) is 0 Å². The maximum Gasteiger partial charge on any atom is 0.0670 e. The van der Waals surface area contributed by atoms with E-state index in [1.807, 2.05) is 0 Å². The molecule has 0 saturated carbocycles. The van der Waals surface area contributed by atoms with Gasteiger partial charge in [-0.3, -0.25) is 0 Å². The molecular formula is C6H14INO2. The van der Waals surface area contributed by atoms with Crippen LogP contribution >= 0.6 is 20.7 Å². The molecule has 0 amide bonds. The third kappa shape index (κ3) is 3.60. The van der Waals surface area contributed by atoms with E-state index in [1.54, 1.807) is 0 Å². The van der Waals surface area contributed by atoms with E-state index in [2.05, 4.69) is 4.51 Å². The van der Waals surface area contributed by atoms with Gasteiger partial charge in [-0.1, -0.05) is 4.51 Å². The van der Waals surface area contributed by atoms with Gasteiger partial charge in [0.15, 0.2) is 0 Å². The first-order chi connectivity index (χ1) is 4.68. The maximum atomic E-state index is 8.59. The topological polar surface area (TPSA) is 66.5 Å². The highest BCUT2D eigenvalue weighted by Gasteiger charge is 2.19. The van der Waals surface area contributed by atoms with Gasteiger partial charge in [0.05, 0.1) is 3.55 Å². The molecule has 0 aromatic rings. The van der Waals surface area contributed by atoms with Crippen LogP contribution in [-0.4, -0.2) is 31.5 Å². The first-order valence-electron chi connectivity index (χ1n) is 3.08. The zero-order valence-corrected chi connectivity index (χ0v) is 8.04. The van der Waals surface area contributed by atoms with Crippen molar-refractivity contribution in [2.45, 2.75) is 16.4 Å². The van der Waals surface area contributed by atoms with Gasteiger partial charge < -0.3 is 15.9 Å². The standard InChI is InChI=1S/C6H14INO2/c1-7-6(8,2-4-9)3-5-10/h9-10H,1-5,8H2. The van der Waals surface area contributed by atoms with Crippen LogP contribution in [0.25, 0.3) is 0 Å². The second kappa shape index (κ2) is 5.17. The van der Waals surface area contributed by atoms with Gasteiger partial charge in [-0.2, -0.15) is 0 Å². The SMILES string of the molecule is C=IC(N)(CCO)CCO. The van der Waals surface area contributed by atoms with E-state index < -0.39 is 0 Å². The summed E-state index contributed by atoms with van der Waals surface area (Å²) in [6.07, 6.45) is 1.12. The second-order valence-electron chi connectivity index (χ2n) is 2.12. The number of nitrogens with two attached hydrogens (primary N) is 1. The van der Waals surface area contributed by atoms with Crippen molar-refractivity contribution in [1.82, 2.24) is 0 Å². The lowest BCUT2D eigenvalue weighted by atomic mass is 10.2. The molecule has 0 aromatic carbocycles. The summed E-state index contributed by atoms with van der Waals surface area (Å²) < 4.78 is 3.40. The van der Waals surface area contributed by atoms with Crippen molar-refractivity contribution in [3.05, 3.63) is 0 Å². The molecule has 0 heterocycles. The number of aliphatic hydroxyl groups is 2. The molecule has 0 fully saturated rings. The van der Waals surface area contributed by atoms with Crippen molar-refractivity contribution in [3.8, 4) is 0 Å². The van der Waals surface area contributed by atoms with Crippen LogP contribution in [-0.2, 0) is 0 Å². The fourth-order valence-electron chi connectivity index (χ4n) is 0.630. The van der Waals surface area contributed by atoms with Gasteiger partial charge in [0.1, 0.15) is 0 Å². The molecule has 0 aliphatic carbocycles. The monoisotopic (exact) mass is 259 g/mol. The minimum Gasteiger partial charge on any atom is -0.396 e. The molecule has 0 bridgehead atoms. The van der Waals surface area contributed by atoms with Crippen molar-refractivity contribution < 1.29 is 10.2 Å². The van der Waals surface area contributed by atoms with Crippen molar-refractivity contribution in [2.75, 3.05) is 13.2 Å². The Morgan fingerprint density at radius 1 is 1.30 bits per heavy atom. The van der Waals surface area contributed by atoms with E-state index in [0.29, 0.717) is 12.8 Å². The normalized spacial score (nSPS) is 11.9. The summed E-state index contributed by atoms with van der Waals surface area (Å²) in [6.45, 7) is 0.178. The van der Waals surface area contributed by atoms with Crippen LogP contribution in [0.2, 0.25) is 0 Å². The molecule has 0 rings (SSSR count). The lowest BCUT2D eigenvalue weighted by Gasteiger charge is -2.22. The molecule has 0 unspecified atom stereocenters. The third-order valence-corrected chi connectivity index (χ3v) is 3.92. The predicted molar refractivity (Wildman–Crippen MR) is 51.5 cm³/mol. The lowest BCUT2D eigenvalue weighted by molar-refractivity contribution is 0.238. The number of aliphatic hydroxyl groups excluding tert-OH is 2. The molecule has 4 N–H and O–H groups in total. The molecule has 0 atom stereocenters. The average Bonchev–Trinajstić information content (AvgIpc) is 1.89. The minimum absolute atomic E-state index is 0.0890. The minimum atomic E-state index is -0.359. The van der Waals surface area contributed by atoms with E-state index in [0.717, 1.165) is 0 Å². The molecule has 0 saturated heterocycles. The van der Waals surface area contributed by atoms with Crippen LogP contribution in [0.1, 0.15) is 12.8 Å². The van der Waals surface area contributed by atoms with Gasteiger partial charge >= 0.3 is 0 Å².